The predicted octanol–water partition coefficient (Wildman–Crippen LogP) is 4.97. The molecule has 1 amide bonds. The molecule has 0 radical (unpaired) electrons. The maximum atomic E-state index is 13.9. The van der Waals surface area contributed by atoms with E-state index in [1.165, 1.54) is 12.3 Å². The number of carbonyl (C=O) groups excluding carboxylic acids is 3. The molecule has 7 nitrogen and oxygen atoms in total. The third-order valence-electron chi connectivity index (χ3n) is 5.14. The van der Waals surface area contributed by atoms with Gasteiger partial charge in [0.05, 0.1) is 23.9 Å². The third kappa shape index (κ3) is 6.06. The minimum Gasteiger partial charge on any atom is -0.456 e. The lowest BCUT2D eigenvalue weighted by atomic mass is 10.0. The van der Waals surface area contributed by atoms with Crippen LogP contribution in [-0.2, 0) is 20.7 Å². The second kappa shape index (κ2) is 11.2. The first-order valence-electron chi connectivity index (χ1n) is 10.9. The van der Waals surface area contributed by atoms with Crippen LogP contribution in [0.15, 0.2) is 83.4 Å². The molecule has 0 fully saturated rings. The molecular weight excluding hydrogens is 470 g/mol. The zero-order chi connectivity index (χ0) is 25.5. The molecule has 4 rings (SSSR count). The average molecular weight is 490 g/mol. The number of esters is 1. The number of hydrogen-bond acceptors (Lipinski definition) is 6. The number of aryl methyl sites for hydroxylation is 1. The minimum atomic E-state index is -0.796. The molecular formula is C27H20F2N2O5. The van der Waals surface area contributed by atoms with Crippen molar-refractivity contribution in [2.45, 2.75) is 12.8 Å². The number of nitrogens with zero attached hydrogens (tertiary/aromatic N) is 1. The summed E-state index contributed by atoms with van der Waals surface area (Å²) in [4.78, 5) is 41.2. The van der Waals surface area contributed by atoms with Gasteiger partial charge in [-0.05, 0) is 24.3 Å². The largest absolute Gasteiger partial charge is 0.456 e. The lowest BCUT2D eigenvalue weighted by molar-refractivity contribution is -0.147. The Kier molecular flexibility index (Phi) is 7.60. The molecule has 0 aliphatic carbocycles. The Morgan fingerprint density at radius 2 is 1.69 bits per heavy atom. The fraction of sp³-hybridized carbons (Fsp3) is 0.111. The van der Waals surface area contributed by atoms with Gasteiger partial charge in [0.15, 0.2) is 24.0 Å². The van der Waals surface area contributed by atoms with Crippen molar-refractivity contribution in [3.63, 3.8) is 0 Å². The summed E-state index contributed by atoms with van der Waals surface area (Å²) < 4.78 is 37.4. The third-order valence-corrected chi connectivity index (χ3v) is 5.14. The van der Waals surface area contributed by atoms with Gasteiger partial charge < -0.3 is 14.5 Å². The normalized spacial score (nSPS) is 10.6. The maximum absolute atomic E-state index is 13.9. The van der Waals surface area contributed by atoms with E-state index in [0.29, 0.717) is 16.8 Å². The molecule has 0 saturated carbocycles. The van der Waals surface area contributed by atoms with Crippen LogP contribution in [0.25, 0.3) is 11.3 Å². The van der Waals surface area contributed by atoms with Crippen molar-refractivity contribution in [3.05, 3.63) is 108 Å². The van der Waals surface area contributed by atoms with E-state index in [4.69, 9.17) is 9.15 Å². The molecule has 0 spiro atoms. The maximum Gasteiger partial charge on any atom is 0.306 e. The van der Waals surface area contributed by atoms with Gasteiger partial charge in [-0.1, -0.05) is 42.5 Å². The molecule has 36 heavy (non-hydrogen) atoms. The molecule has 0 aliphatic rings. The van der Waals surface area contributed by atoms with Crippen LogP contribution in [0.2, 0.25) is 0 Å². The second-order valence-corrected chi connectivity index (χ2v) is 7.69. The highest BCUT2D eigenvalue weighted by atomic mass is 19.1. The molecule has 9 heteroatoms. The fourth-order valence-corrected chi connectivity index (χ4v) is 3.39. The number of anilines is 1. The van der Waals surface area contributed by atoms with Crippen LogP contribution in [0.1, 0.15) is 28.2 Å². The van der Waals surface area contributed by atoms with Crippen LogP contribution in [0, 0.1) is 11.6 Å². The highest BCUT2D eigenvalue weighted by Gasteiger charge is 2.17. The molecule has 0 bridgehead atoms. The van der Waals surface area contributed by atoms with Gasteiger partial charge in [-0.3, -0.25) is 14.4 Å². The number of hydrogen-bond donors (Lipinski definition) is 1. The number of ketones is 1. The van der Waals surface area contributed by atoms with E-state index in [1.807, 2.05) is 0 Å². The number of para-hydroxylation sites is 1. The van der Waals surface area contributed by atoms with Gasteiger partial charge in [-0.2, -0.15) is 0 Å². The van der Waals surface area contributed by atoms with Crippen LogP contribution in [0.5, 0.6) is 0 Å². The molecule has 3 aromatic carbocycles. The van der Waals surface area contributed by atoms with Crippen molar-refractivity contribution < 1.29 is 32.3 Å². The summed E-state index contributed by atoms with van der Waals surface area (Å²) in [5, 5.41) is 2.59. The Bertz CT molecular complexity index is 1400. The topological polar surface area (TPSA) is 98.5 Å². The highest BCUT2D eigenvalue weighted by Crippen LogP contribution is 2.24. The van der Waals surface area contributed by atoms with Crippen molar-refractivity contribution in [2.75, 3.05) is 11.9 Å². The van der Waals surface area contributed by atoms with Crippen molar-refractivity contribution in [1.82, 2.24) is 4.98 Å². The van der Waals surface area contributed by atoms with Crippen molar-refractivity contribution in [3.8, 4) is 11.3 Å². The Morgan fingerprint density at radius 3 is 2.47 bits per heavy atom. The first kappa shape index (κ1) is 24.5. The lowest BCUT2D eigenvalue weighted by Gasteiger charge is -2.11. The highest BCUT2D eigenvalue weighted by molar-refractivity contribution is 6.13. The van der Waals surface area contributed by atoms with E-state index in [0.717, 1.165) is 12.1 Å². The monoisotopic (exact) mass is 490 g/mol. The summed E-state index contributed by atoms with van der Waals surface area (Å²) in [7, 11) is 0. The number of amides is 1. The van der Waals surface area contributed by atoms with Crippen LogP contribution < -0.4 is 5.32 Å². The quantitative estimate of drug-likeness (QED) is 0.263. The van der Waals surface area contributed by atoms with E-state index >= 15 is 0 Å². The van der Waals surface area contributed by atoms with Gasteiger partial charge in [0, 0.05) is 23.6 Å². The molecule has 1 heterocycles. The average Bonchev–Trinajstić information content (AvgIpc) is 3.35. The number of halogens is 2. The van der Waals surface area contributed by atoms with Crippen molar-refractivity contribution in [1.29, 1.82) is 0 Å². The van der Waals surface area contributed by atoms with Gasteiger partial charge in [0.25, 0.3) is 5.91 Å². The molecule has 0 saturated heterocycles. The molecule has 0 aliphatic heterocycles. The summed E-state index contributed by atoms with van der Waals surface area (Å²) in [6.07, 6.45) is 1.19. The van der Waals surface area contributed by atoms with Crippen molar-refractivity contribution >= 4 is 23.3 Å². The minimum absolute atomic E-state index is 0.0421. The van der Waals surface area contributed by atoms with E-state index < -0.39 is 30.1 Å². The van der Waals surface area contributed by atoms with Crippen LogP contribution in [-0.4, -0.2) is 29.3 Å². The fourth-order valence-electron chi connectivity index (χ4n) is 3.39. The number of oxazole rings is 1. The van der Waals surface area contributed by atoms with Gasteiger partial charge in [-0.15, -0.1) is 0 Å². The van der Waals surface area contributed by atoms with Crippen molar-refractivity contribution in [2.24, 2.45) is 0 Å². The van der Waals surface area contributed by atoms with Crippen LogP contribution in [0.3, 0.4) is 0 Å². The zero-order valence-electron chi connectivity index (χ0n) is 18.9. The number of rotatable bonds is 9. The first-order valence-corrected chi connectivity index (χ1v) is 10.9. The number of benzene rings is 3. The number of carbonyl (C=O) groups is 3. The number of ether oxygens (including phenoxy) is 1. The number of nitrogens with one attached hydrogen (secondary N) is 1. The second-order valence-electron chi connectivity index (χ2n) is 7.69. The standard InChI is InChI=1S/C27H20F2N2O5/c28-18-10-11-19(21(29)14-18)23-15-30-25(36-23)12-13-26(33)35-16-24(32)31-22-9-5-4-8-20(22)27(34)17-6-2-1-3-7-17/h1-11,14-15H,12-13,16H2,(H,31,32). The lowest BCUT2D eigenvalue weighted by Crippen LogP contribution is -2.22. The Morgan fingerprint density at radius 1 is 0.944 bits per heavy atom. The van der Waals surface area contributed by atoms with E-state index in [9.17, 15) is 23.2 Å². The summed E-state index contributed by atoms with van der Waals surface area (Å²) in [6, 6.07) is 18.2. The summed E-state index contributed by atoms with van der Waals surface area (Å²) >= 11 is 0. The Balaban J connectivity index is 1.28. The molecule has 4 aromatic rings. The van der Waals surface area contributed by atoms with Gasteiger partial charge in [0.2, 0.25) is 0 Å². The van der Waals surface area contributed by atoms with Gasteiger partial charge in [0.1, 0.15) is 11.6 Å². The molecule has 182 valence electrons. The first-order chi connectivity index (χ1) is 17.4. The summed E-state index contributed by atoms with van der Waals surface area (Å²) in [5.41, 5.74) is 1.12. The Hall–Kier alpha value is -4.66. The molecule has 0 unspecified atom stereocenters. The Labute approximate surface area is 204 Å². The molecule has 1 N–H and O–H groups in total. The zero-order valence-corrected chi connectivity index (χ0v) is 18.9. The van der Waals surface area contributed by atoms with Gasteiger partial charge in [-0.25, -0.2) is 13.8 Å². The number of aromatic nitrogens is 1. The summed E-state index contributed by atoms with van der Waals surface area (Å²) in [6.45, 7) is -0.551. The smallest absolute Gasteiger partial charge is 0.306 e. The van der Waals surface area contributed by atoms with Crippen LogP contribution >= 0.6 is 0 Å². The SMILES string of the molecule is O=C(COC(=O)CCc1ncc(-c2ccc(F)cc2F)o1)Nc1ccccc1C(=O)c1ccccc1. The van der Waals surface area contributed by atoms with Gasteiger partial charge >= 0.3 is 5.97 Å². The van der Waals surface area contributed by atoms with Crippen LogP contribution in [0.4, 0.5) is 14.5 Å². The summed E-state index contributed by atoms with van der Waals surface area (Å²) in [5.74, 6) is -2.80. The molecule has 0 atom stereocenters. The van der Waals surface area contributed by atoms with E-state index in [1.54, 1.807) is 54.6 Å². The van der Waals surface area contributed by atoms with E-state index in [2.05, 4.69) is 10.3 Å². The van der Waals surface area contributed by atoms with E-state index in [-0.39, 0.29) is 35.8 Å². The predicted molar refractivity (Wildman–Crippen MR) is 126 cm³/mol. The molecule has 1 aromatic heterocycles.